The molecule has 116 valence electrons. The van der Waals surface area contributed by atoms with Crippen molar-refractivity contribution in [3.8, 4) is 0 Å². The highest BCUT2D eigenvalue weighted by Crippen LogP contribution is 2.45. The van der Waals surface area contributed by atoms with Gasteiger partial charge in [-0.2, -0.15) is 0 Å². The van der Waals surface area contributed by atoms with E-state index in [-0.39, 0.29) is 12.0 Å². The van der Waals surface area contributed by atoms with Crippen molar-refractivity contribution in [1.82, 2.24) is 4.90 Å². The molecule has 0 radical (unpaired) electrons. The van der Waals surface area contributed by atoms with Crippen LogP contribution >= 0.6 is 0 Å². The molecule has 2 saturated heterocycles. The Hall–Kier alpha value is -0.780. The number of rotatable bonds is 0. The van der Waals surface area contributed by atoms with Crippen LogP contribution in [0.1, 0.15) is 47.0 Å². The van der Waals surface area contributed by atoms with Crippen molar-refractivity contribution in [2.75, 3.05) is 18.8 Å². The Labute approximate surface area is 121 Å². The molecule has 0 N–H and O–H groups in total. The quantitative estimate of drug-likeness (QED) is 0.688. The molecule has 5 nitrogen and oxygen atoms in total. The second-order valence-electron chi connectivity index (χ2n) is 7.04. The van der Waals surface area contributed by atoms with Crippen molar-refractivity contribution in [3.63, 3.8) is 0 Å². The second kappa shape index (κ2) is 4.90. The molecule has 0 aliphatic carbocycles. The molecule has 2 aliphatic rings. The summed E-state index contributed by atoms with van der Waals surface area (Å²) in [4.78, 5) is 13.7. The number of piperidine rings is 1. The minimum atomic E-state index is -3.02. The fourth-order valence-corrected chi connectivity index (χ4v) is 5.91. The Morgan fingerprint density at radius 2 is 1.80 bits per heavy atom. The normalized spacial score (nSPS) is 28.6. The van der Waals surface area contributed by atoms with Gasteiger partial charge in [-0.25, -0.2) is 13.2 Å². The van der Waals surface area contributed by atoms with Gasteiger partial charge in [-0.15, -0.1) is 0 Å². The molecule has 0 aromatic heterocycles. The molecule has 1 atom stereocenters. The van der Waals surface area contributed by atoms with E-state index in [2.05, 4.69) is 0 Å². The summed E-state index contributed by atoms with van der Waals surface area (Å²) in [6, 6.07) is 0. The van der Waals surface area contributed by atoms with Gasteiger partial charge in [-0.1, -0.05) is 6.92 Å². The molecule has 0 aromatic rings. The molecule has 2 heterocycles. The summed E-state index contributed by atoms with van der Waals surface area (Å²) in [6.07, 6.45) is 1.48. The summed E-state index contributed by atoms with van der Waals surface area (Å²) >= 11 is 0. The molecule has 1 amide bonds. The highest BCUT2D eigenvalue weighted by atomic mass is 32.2. The van der Waals surface area contributed by atoms with Gasteiger partial charge in [0.2, 0.25) is 0 Å². The Morgan fingerprint density at radius 3 is 2.20 bits per heavy atom. The Kier molecular flexibility index (Phi) is 3.82. The monoisotopic (exact) mass is 303 g/mol. The minimum Gasteiger partial charge on any atom is -0.444 e. The highest BCUT2D eigenvalue weighted by molar-refractivity contribution is 7.93. The predicted octanol–water partition coefficient (Wildman–Crippen LogP) is 2.21. The van der Waals surface area contributed by atoms with Gasteiger partial charge in [0.1, 0.15) is 5.60 Å². The van der Waals surface area contributed by atoms with Crippen LogP contribution in [0.5, 0.6) is 0 Å². The van der Waals surface area contributed by atoms with E-state index in [0.29, 0.717) is 31.7 Å². The third-order valence-corrected chi connectivity index (χ3v) is 7.42. The molecule has 2 aliphatic heterocycles. The van der Waals surface area contributed by atoms with Gasteiger partial charge < -0.3 is 9.64 Å². The zero-order valence-electron chi connectivity index (χ0n) is 12.8. The topological polar surface area (TPSA) is 63.7 Å². The van der Waals surface area contributed by atoms with Crippen LogP contribution < -0.4 is 0 Å². The van der Waals surface area contributed by atoms with Crippen molar-refractivity contribution < 1.29 is 17.9 Å². The van der Waals surface area contributed by atoms with Crippen molar-refractivity contribution >= 4 is 15.9 Å². The van der Waals surface area contributed by atoms with E-state index < -0.39 is 20.2 Å². The lowest BCUT2D eigenvalue weighted by Gasteiger charge is -2.41. The average Bonchev–Trinajstić information content (AvgIpc) is 2.53. The van der Waals surface area contributed by atoms with Crippen LogP contribution in [0.4, 0.5) is 4.79 Å². The zero-order chi connectivity index (χ0) is 15.2. The smallest absolute Gasteiger partial charge is 0.410 e. The van der Waals surface area contributed by atoms with Crippen LogP contribution in [0, 0.1) is 5.92 Å². The lowest BCUT2D eigenvalue weighted by atomic mass is 9.83. The van der Waals surface area contributed by atoms with Gasteiger partial charge >= 0.3 is 6.09 Å². The first-order chi connectivity index (χ1) is 9.07. The molecule has 20 heavy (non-hydrogen) atoms. The number of carbonyl (C=O) groups is 1. The van der Waals surface area contributed by atoms with Gasteiger partial charge in [0.15, 0.2) is 9.84 Å². The molecule has 1 spiro atoms. The molecule has 2 rings (SSSR count). The van der Waals surface area contributed by atoms with Gasteiger partial charge in [-0.05, 0) is 46.0 Å². The predicted molar refractivity (Wildman–Crippen MR) is 77.3 cm³/mol. The maximum Gasteiger partial charge on any atom is 0.410 e. The molecular formula is C14H25NO4S. The van der Waals surface area contributed by atoms with E-state index in [4.69, 9.17) is 4.74 Å². The summed E-state index contributed by atoms with van der Waals surface area (Å²) in [5.41, 5.74) is -0.515. The first kappa shape index (κ1) is 15.6. The first-order valence-electron chi connectivity index (χ1n) is 7.28. The fourth-order valence-electron chi connectivity index (χ4n) is 3.30. The van der Waals surface area contributed by atoms with E-state index in [1.54, 1.807) is 4.90 Å². The zero-order valence-corrected chi connectivity index (χ0v) is 13.6. The van der Waals surface area contributed by atoms with Crippen LogP contribution in [-0.4, -0.2) is 48.6 Å². The van der Waals surface area contributed by atoms with Crippen LogP contribution in [0.2, 0.25) is 0 Å². The number of nitrogens with zero attached hydrogens (tertiary/aromatic N) is 1. The Balaban J connectivity index is 2.04. The first-order valence-corrected chi connectivity index (χ1v) is 8.93. The fraction of sp³-hybridized carbons (Fsp3) is 0.929. The SMILES string of the molecule is CC1CCS(=O)(=O)C12CCN(C(=O)OC(C)(C)C)CC2. The second-order valence-corrected chi connectivity index (χ2v) is 9.49. The molecular weight excluding hydrogens is 278 g/mol. The average molecular weight is 303 g/mol. The van der Waals surface area contributed by atoms with Crippen molar-refractivity contribution in [2.45, 2.75) is 57.3 Å². The van der Waals surface area contributed by atoms with Crippen molar-refractivity contribution in [3.05, 3.63) is 0 Å². The Morgan fingerprint density at radius 1 is 1.25 bits per heavy atom. The van der Waals surface area contributed by atoms with Gasteiger partial charge in [0.25, 0.3) is 0 Å². The van der Waals surface area contributed by atoms with Crippen LogP contribution in [0.3, 0.4) is 0 Å². The molecule has 0 aromatic carbocycles. The molecule has 0 bridgehead atoms. The standard InChI is InChI=1S/C14H25NO4S/c1-11-5-10-20(17,18)14(11)6-8-15(9-7-14)12(16)19-13(2,3)4/h11H,5-10H2,1-4H3. The van der Waals surface area contributed by atoms with Crippen molar-refractivity contribution in [2.24, 2.45) is 5.92 Å². The summed E-state index contributed by atoms with van der Waals surface area (Å²) < 4.78 is 29.4. The lowest BCUT2D eigenvalue weighted by Crippen LogP contribution is -2.52. The van der Waals surface area contributed by atoms with E-state index >= 15 is 0 Å². The number of ether oxygens (including phenoxy) is 1. The van der Waals surface area contributed by atoms with Gasteiger partial charge in [-0.3, -0.25) is 0 Å². The number of likely N-dealkylation sites (tertiary alicyclic amines) is 1. The molecule has 6 heteroatoms. The number of hydrogen-bond donors (Lipinski definition) is 0. The number of hydrogen-bond acceptors (Lipinski definition) is 4. The maximum atomic E-state index is 12.3. The van der Waals surface area contributed by atoms with Gasteiger partial charge in [0, 0.05) is 13.1 Å². The molecule has 0 saturated carbocycles. The van der Waals surface area contributed by atoms with Crippen LogP contribution in [-0.2, 0) is 14.6 Å². The Bertz CT molecular complexity index is 484. The van der Waals surface area contributed by atoms with Gasteiger partial charge in [0.05, 0.1) is 10.5 Å². The minimum absolute atomic E-state index is 0.188. The summed E-state index contributed by atoms with van der Waals surface area (Å²) in [5, 5.41) is 0. The number of sulfone groups is 1. The van der Waals surface area contributed by atoms with E-state index in [1.165, 1.54) is 0 Å². The molecule has 1 unspecified atom stereocenters. The van der Waals surface area contributed by atoms with E-state index in [1.807, 2.05) is 27.7 Å². The lowest BCUT2D eigenvalue weighted by molar-refractivity contribution is 0.0181. The largest absolute Gasteiger partial charge is 0.444 e. The maximum absolute atomic E-state index is 12.3. The van der Waals surface area contributed by atoms with Crippen LogP contribution in [0.15, 0.2) is 0 Å². The molecule has 2 fully saturated rings. The number of carbonyl (C=O) groups excluding carboxylic acids is 1. The third kappa shape index (κ3) is 2.67. The van der Waals surface area contributed by atoms with E-state index in [0.717, 1.165) is 6.42 Å². The summed E-state index contributed by atoms with van der Waals surface area (Å²) in [7, 11) is -3.02. The highest BCUT2D eigenvalue weighted by Gasteiger charge is 2.54. The number of amides is 1. The summed E-state index contributed by atoms with van der Waals surface area (Å²) in [6.45, 7) is 8.46. The third-order valence-electron chi connectivity index (χ3n) is 4.60. The van der Waals surface area contributed by atoms with Crippen molar-refractivity contribution in [1.29, 1.82) is 0 Å². The summed E-state index contributed by atoms with van der Waals surface area (Å²) in [5.74, 6) is 0.480. The van der Waals surface area contributed by atoms with E-state index in [9.17, 15) is 13.2 Å². The van der Waals surface area contributed by atoms with Crippen LogP contribution in [0.25, 0.3) is 0 Å².